The van der Waals surface area contributed by atoms with Crippen LogP contribution in [0.15, 0.2) is 0 Å². The second-order valence-corrected chi connectivity index (χ2v) is 5.86. The smallest absolute Gasteiger partial charge is 0.00975 e. The molecule has 0 aromatic heterocycles. The second kappa shape index (κ2) is 5.86. The van der Waals surface area contributed by atoms with Gasteiger partial charge in [-0.1, -0.05) is 19.3 Å². The highest BCUT2D eigenvalue weighted by atomic mass is 15.1. The first-order valence-corrected chi connectivity index (χ1v) is 6.48. The standard InChI is InChI=1S/C13H28N2/c1-13(2,14)10-7-11-15(3)12-8-5-4-6-9-12/h12H,4-11,14H2,1-3H3. The molecule has 1 aliphatic carbocycles. The van der Waals surface area contributed by atoms with Gasteiger partial charge in [0.1, 0.15) is 0 Å². The van der Waals surface area contributed by atoms with E-state index in [9.17, 15) is 0 Å². The number of hydrogen-bond acceptors (Lipinski definition) is 2. The van der Waals surface area contributed by atoms with E-state index in [1.54, 1.807) is 0 Å². The maximum Gasteiger partial charge on any atom is 0.00975 e. The fraction of sp³-hybridized carbons (Fsp3) is 1.00. The highest BCUT2D eigenvalue weighted by molar-refractivity contribution is 4.76. The van der Waals surface area contributed by atoms with Crippen LogP contribution in [0.1, 0.15) is 58.8 Å². The second-order valence-electron chi connectivity index (χ2n) is 5.86. The van der Waals surface area contributed by atoms with Gasteiger partial charge in [-0.25, -0.2) is 0 Å². The Morgan fingerprint density at radius 2 is 1.80 bits per heavy atom. The zero-order valence-electron chi connectivity index (χ0n) is 10.8. The Kier molecular flexibility index (Phi) is 5.07. The molecule has 0 radical (unpaired) electrons. The van der Waals surface area contributed by atoms with E-state index < -0.39 is 0 Å². The normalized spacial score (nSPS) is 19.8. The fourth-order valence-corrected chi connectivity index (χ4v) is 2.49. The molecule has 0 saturated heterocycles. The monoisotopic (exact) mass is 212 g/mol. The van der Waals surface area contributed by atoms with Crippen molar-refractivity contribution in [3.8, 4) is 0 Å². The summed E-state index contributed by atoms with van der Waals surface area (Å²) in [4.78, 5) is 2.55. The average Bonchev–Trinajstić information content (AvgIpc) is 2.17. The Balaban J connectivity index is 2.14. The summed E-state index contributed by atoms with van der Waals surface area (Å²) >= 11 is 0. The van der Waals surface area contributed by atoms with E-state index in [0.29, 0.717) is 0 Å². The van der Waals surface area contributed by atoms with Crippen molar-refractivity contribution in [2.24, 2.45) is 5.73 Å². The average molecular weight is 212 g/mol. The van der Waals surface area contributed by atoms with Gasteiger partial charge in [-0.05, 0) is 53.1 Å². The molecule has 1 fully saturated rings. The highest BCUT2D eigenvalue weighted by Crippen LogP contribution is 2.22. The number of rotatable bonds is 5. The van der Waals surface area contributed by atoms with Gasteiger partial charge in [0.15, 0.2) is 0 Å². The van der Waals surface area contributed by atoms with Gasteiger partial charge in [-0.3, -0.25) is 0 Å². The lowest BCUT2D eigenvalue weighted by molar-refractivity contribution is 0.185. The van der Waals surface area contributed by atoms with Gasteiger partial charge < -0.3 is 10.6 Å². The largest absolute Gasteiger partial charge is 0.326 e. The van der Waals surface area contributed by atoms with E-state index in [1.807, 2.05) is 0 Å². The molecule has 0 amide bonds. The van der Waals surface area contributed by atoms with E-state index in [2.05, 4.69) is 25.8 Å². The van der Waals surface area contributed by atoms with Crippen molar-refractivity contribution in [1.82, 2.24) is 4.90 Å². The molecule has 0 unspecified atom stereocenters. The molecule has 15 heavy (non-hydrogen) atoms. The molecule has 2 nitrogen and oxygen atoms in total. The van der Waals surface area contributed by atoms with Gasteiger partial charge >= 0.3 is 0 Å². The van der Waals surface area contributed by atoms with Gasteiger partial charge in [-0.2, -0.15) is 0 Å². The Labute approximate surface area is 95.2 Å². The van der Waals surface area contributed by atoms with Gasteiger partial charge in [0.25, 0.3) is 0 Å². The van der Waals surface area contributed by atoms with Crippen LogP contribution < -0.4 is 5.73 Å². The lowest BCUT2D eigenvalue weighted by Crippen LogP contribution is -2.36. The summed E-state index contributed by atoms with van der Waals surface area (Å²) in [5.74, 6) is 0. The maximum atomic E-state index is 5.98. The molecular weight excluding hydrogens is 184 g/mol. The third kappa shape index (κ3) is 5.53. The van der Waals surface area contributed by atoms with Crippen molar-refractivity contribution >= 4 is 0 Å². The molecule has 1 aliphatic rings. The summed E-state index contributed by atoms with van der Waals surface area (Å²) in [6.45, 7) is 5.45. The van der Waals surface area contributed by atoms with Crippen LogP contribution >= 0.6 is 0 Å². The summed E-state index contributed by atoms with van der Waals surface area (Å²) in [5.41, 5.74) is 5.99. The summed E-state index contributed by atoms with van der Waals surface area (Å²) in [5, 5.41) is 0. The lowest BCUT2D eigenvalue weighted by atomic mass is 9.94. The highest BCUT2D eigenvalue weighted by Gasteiger charge is 2.18. The van der Waals surface area contributed by atoms with Gasteiger partial charge in [-0.15, -0.1) is 0 Å². The van der Waals surface area contributed by atoms with Crippen molar-refractivity contribution in [1.29, 1.82) is 0 Å². The van der Waals surface area contributed by atoms with Crippen LogP contribution in [0.25, 0.3) is 0 Å². The zero-order chi connectivity index (χ0) is 11.3. The molecule has 2 N–H and O–H groups in total. The minimum atomic E-state index is 0.00735. The quantitative estimate of drug-likeness (QED) is 0.759. The molecular formula is C13H28N2. The fourth-order valence-electron chi connectivity index (χ4n) is 2.49. The van der Waals surface area contributed by atoms with Crippen LogP contribution in [0.2, 0.25) is 0 Å². The minimum Gasteiger partial charge on any atom is -0.326 e. The first kappa shape index (κ1) is 13.0. The molecule has 1 rings (SSSR count). The van der Waals surface area contributed by atoms with E-state index >= 15 is 0 Å². The number of nitrogens with zero attached hydrogens (tertiary/aromatic N) is 1. The van der Waals surface area contributed by atoms with Gasteiger partial charge in [0.05, 0.1) is 0 Å². The summed E-state index contributed by atoms with van der Waals surface area (Å²) in [6, 6.07) is 0.847. The first-order chi connectivity index (χ1) is 6.99. The molecule has 0 spiro atoms. The molecule has 0 heterocycles. The van der Waals surface area contributed by atoms with Crippen molar-refractivity contribution in [3.05, 3.63) is 0 Å². The molecule has 2 heteroatoms. The molecule has 0 aromatic carbocycles. The minimum absolute atomic E-state index is 0.00735. The van der Waals surface area contributed by atoms with Crippen LogP contribution in [0, 0.1) is 0 Å². The SMILES string of the molecule is CN(CCCC(C)(C)N)C1CCCCC1. The van der Waals surface area contributed by atoms with Crippen LogP contribution in [-0.2, 0) is 0 Å². The van der Waals surface area contributed by atoms with Crippen LogP contribution in [0.3, 0.4) is 0 Å². The molecule has 1 saturated carbocycles. The number of nitrogens with two attached hydrogens (primary N) is 1. The van der Waals surface area contributed by atoms with E-state index in [4.69, 9.17) is 5.73 Å². The topological polar surface area (TPSA) is 29.3 Å². The molecule has 90 valence electrons. The summed E-state index contributed by atoms with van der Waals surface area (Å²) < 4.78 is 0. The van der Waals surface area contributed by atoms with Crippen molar-refractivity contribution in [3.63, 3.8) is 0 Å². The molecule has 0 aliphatic heterocycles. The van der Waals surface area contributed by atoms with Crippen LogP contribution in [-0.4, -0.2) is 30.1 Å². The Morgan fingerprint density at radius 1 is 1.20 bits per heavy atom. The lowest BCUT2D eigenvalue weighted by Gasteiger charge is -2.31. The predicted octanol–water partition coefficient (Wildman–Crippen LogP) is 2.77. The Bertz CT molecular complexity index is 166. The van der Waals surface area contributed by atoms with Crippen LogP contribution in [0.4, 0.5) is 0 Å². The van der Waals surface area contributed by atoms with Crippen LogP contribution in [0.5, 0.6) is 0 Å². The summed E-state index contributed by atoms with van der Waals surface area (Å²) in [7, 11) is 2.28. The number of hydrogen-bond donors (Lipinski definition) is 1. The Hall–Kier alpha value is -0.0800. The van der Waals surface area contributed by atoms with Gasteiger partial charge in [0.2, 0.25) is 0 Å². The van der Waals surface area contributed by atoms with Crippen molar-refractivity contribution < 1.29 is 0 Å². The maximum absolute atomic E-state index is 5.98. The zero-order valence-corrected chi connectivity index (χ0v) is 10.8. The van der Waals surface area contributed by atoms with Crippen molar-refractivity contribution in [2.75, 3.05) is 13.6 Å². The van der Waals surface area contributed by atoms with Gasteiger partial charge in [0, 0.05) is 11.6 Å². The van der Waals surface area contributed by atoms with Crippen molar-refractivity contribution in [2.45, 2.75) is 70.4 Å². The van der Waals surface area contributed by atoms with E-state index in [0.717, 1.165) is 12.5 Å². The molecule has 0 aromatic rings. The van der Waals surface area contributed by atoms with E-state index in [-0.39, 0.29) is 5.54 Å². The predicted molar refractivity (Wildman–Crippen MR) is 67.0 cm³/mol. The third-order valence-corrected chi connectivity index (χ3v) is 3.53. The first-order valence-electron chi connectivity index (χ1n) is 6.48. The third-order valence-electron chi connectivity index (χ3n) is 3.53. The molecule has 0 bridgehead atoms. The van der Waals surface area contributed by atoms with E-state index in [1.165, 1.54) is 45.1 Å². The Morgan fingerprint density at radius 3 is 2.33 bits per heavy atom. The summed E-state index contributed by atoms with van der Waals surface area (Å²) in [6.07, 6.45) is 9.47. The molecule has 0 atom stereocenters.